The molecule has 4 heterocycles. The van der Waals surface area contributed by atoms with Gasteiger partial charge in [0.1, 0.15) is 0 Å². The van der Waals surface area contributed by atoms with E-state index >= 15 is 0 Å². The average Bonchev–Trinajstić information content (AvgIpc) is 2.37. The van der Waals surface area contributed by atoms with Crippen LogP contribution in [0.15, 0.2) is 18.3 Å². The number of rotatable bonds is 2. The van der Waals surface area contributed by atoms with Crippen molar-refractivity contribution in [2.45, 2.75) is 51.4 Å². The van der Waals surface area contributed by atoms with Crippen molar-refractivity contribution < 1.29 is 0 Å². The van der Waals surface area contributed by atoms with Crippen LogP contribution in [0.4, 0.5) is 0 Å². The van der Waals surface area contributed by atoms with E-state index in [2.05, 4.69) is 35.6 Å². The molecule has 3 aliphatic heterocycles. The van der Waals surface area contributed by atoms with Gasteiger partial charge in [-0.1, -0.05) is 11.6 Å². The smallest absolute Gasteiger partial charge is 0.0589 e. The lowest BCUT2D eigenvalue weighted by atomic mass is 9.84. The zero-order valence-electron chi connectivity index (χ0n) is 11.9. The molecule has 3 saturated heterocycles. The molecule has 4 rings (SSSR count). The highest BCUT2D eigenvalue weighted by Crippen LogP contribution is 2.36. The van der Waals surface area contributed by atoms with Gasteiger partial charge in [0, 0.05) is 43.5 Å². The van der Waals surface area contributed by atoms with Gasteiger partial charge in [-0.2, -0.15) is 0 Å². The summed E-state index contributed by atoms with van der Waals surface area (Å²) in [5.41, 5.74) is 1.42. The van der Waals surface area contributed by atoms with Crippen LogP contribution in [0.5, 0.6) is 0 Å². The molecule has 104 valence electrons. The van der Waals surface area contributed by atoms with Crippen molar-refractivity contribution in [1.82, 2.24) is 14.8 Å². The Morgan fingerprint density at radius 3 is 2.47 bits per heavy atom. The Kier molecular flexibility index (Phi) is 3.32. The Hall–Kier alpha value is -0.640. The van der Waals surface area contributed by atoms with Crippen molar-refractivity contribution in [2.75, 3.05) is 13.1 Å². The van der Waals surface area contributed by atoms with E-state index < -0.39 is 0 Å². The molecule has 2 unspecified atom stereocenters. The lowest BCUT2D eigenvalue weighted by Gasteiger charge is -2.59. The molecule has 0 radical (unpaired) electrons. The second kappa shape index (κ2) is 4.72. The third kappa shape index (κ3) is 2.64. The van der Waals surface area contributed by atoms with Gasteiger partial charge in [-0.25, -0.2) is 0 Å². The predicted molar refractivity (Wildman–Crippen MR) is 78.3 cm³/mol. The largest absolute Gasteiger partial charge is 0.295 e. The maximum Gasteiger partial charge on any atom is 0.0589 e. The van der Waals surface area contributed by atoms with Crippen LogP contribution >= 0.6 is 11.6 Å². The first-order valence-electron chi connectivity index (χ1n) is 7.05. The summed E-state index contributed by atoms with van der Waals surface area (Å²) in [5, 5.41) is 0.714. The minimum absolute atomic E-state index is 0.293. The van der Waals surface area contributed by atoms with Crippen molar-refractivity contribution in [3.05, 3.63) is 29.0 Å². The number of piperazine rings is 1. The molecule has 19 heavy (non-hydrogen) atoms. The number of aromatic nitrogens is 1. The molecule has 4 heteroatoms. The summed E-state index contributed by atoms with van der Waals surface area (Å²) in [6.45, 7) is 10.3. The summed E-state index contributed by atoms with van der Waals surface area (Å²) in [5.74, 6) is 0. The third-order valence-electron chi connectivity index (χ3n) is 4.43. The Morgan fingerprint density at radius 1 is 1.26 bits per heavy atom. The van der Waals surface area contributed by atoms with Crippen LogP contribution in [0.1, 0.15) is 32.9 Å². The molecular weight excluding hydrogens is 258 g/mol. The molecule has 0 saturated carbocycles. The summed E-state index contributed by atoms with van der Waals surface area (Å²) >= 11 is 5.88. The second-order valence-corrected chi connectivity index (χ2v) is 7.20. The number of hydrogen-bond acceptors (Lipinski definition) is 3. The van der Waals surface area contributed by atoms with E-state index in [1.54, 1.807) is 6.20 Å². The number of piperidine rings is 1. The van der Waals surface area contributed by atoms with E-state index in [0.29, 0.717) is 22.6 Å². The molecule has 0 aliphatic carbocycles. The molecule has 3 nitrogen and oxygen atoms in total. The van der Waals surface area contributed by atoms with E-state index in [1.165, 1.54) is 19.5 Å². The monoisotopic (exact) mass is 279 g/mol. The molecule has 0 spiro atoms. The van der Waals surface area contributed by atoms with E-state index in [4.69, 9.17) is 11.6 Å². The number of hydrogen-bond donors (Lipinski definition) is 0. The SMILES string of the molecule is CC(C)(C)N1CC2CC(C1)N2Cc1ccc(Cl)cn1. The van der Waals surface area contributed by atoms with Crippen LogP contribution in [-0.2, 0) is 6.54 Å². The zero-order valence-corrected chi connectivity index (χ0v) is 12.7. The topological polar surface area (TPSA) is 19.4 Å². The maximum absolute atomic E-state index is 5.88. The Bertz CT molecular complexity index is 439. The lowest BCUT2D eigenvalue weighted by Crippen LogP contribution is -2.70. The summed E-state index contributed by atoms with van der Waals surface area (Å²) in [6, 6.07) is 5.38. The van der Waals surface area contributed by atoms with Gasteiger partial charge >= 0.3 is 0 Å². The molecule has 3 aliphatic rings. The molecule has 2 atom stereocenters. The van der Waals surface area contributed by atoms with E-state index in [0.717, 1.165) is 12.2 Å². The number of fused-ring (bicyclic) bond motifs is 2. The average molecular weight is 280 g/mol. The lowest BCUT2D eigenvalue weighted by molar-refractivity contribution is -0.100. The van der Waals surface area contributed by atoms with Crippen LogP contribution in [-0.4, -0.2) is 45.5 Å². The van der Waals surface area contributed by atoms with Gasteiger partial charge in [-0.3, -0.25) is 14.8 Å². The van der Waals surface area contributed by atoms with Crippen molar-refractivity contribution >= 4 is 11.6 Å². The van der Waals surface area contributed by atoms with Gasteiger partial charge in [-0.15, -0.1) is 0 Å². The van der Waals surface area contributed by atoms with Gasteiger partial charge in [-0.05, 0) is 39.3 Å². The van der Waals surface area contributed by atoms with Crippen molar-refractivity contribution in [3.63, 3.8) is 0 Å². The number of nitrogens with zero attached hydrogens (tertiary/aromatic N) is 3. The molecule has 3 fully saturated rings. The van der Waals surface area contributed by atoms with Gasteiger partial charge in [0.2, 0.25) is 0 Å². The van der Waals surface area contributed by atoms with Crippen molar-refractivity contribution in [1.29, 1.82) is 0 Å². The van der Waals surface area contributed by atoms with Gasteiger partial charge in [0.25, 0.3) is 0 Å². The molecular formula is C15H22ClN3. The molecule has 0 N–H and O–H groups in total. The van der Waals surface area contributed by atoms with Crippen LogP contribution in [0.25, 0.3) is 0 Å². The maximum atomic E-state index is 5.88. The zero-order chi connectivity index (χ0) is 13.6. The van der Waals surface area contributed by atoms with Gasteiger partial charge < -0.3 is 0 Å². The van der Waals surface area contributed by atoms with Crippen LogP contribution in [0.2, 0.25) is 5.02 Å². The number of halogens is 1. The molecule has 0 aromatic carbocycles. The summed E-state index contributed by atoms with van der Waals surface area (Å²) in [4.78, 5) is 9.61. The standard InChI is InChI=1S/C15H22ClN3/c1-15(2,3)18-9-13-6-14(10-18)19(13)8-12-5-4-11(16)7-17-12/h4-5,7,13-14H,6,8-10H2,1-3H3. The fraction of sp³-hybridized carbons (Fsp3) is 0.667. The Balaban J connectivity index is 1.63. The predicted octanol–water partition coefficient (Wildman–Crippen LogP) is 2.79. The van der Waals surface area contributed by atoms with Crippen molar-refractivity contribution in [2.24, 2.45) is 0 Å². The molecule has 2 bridgehead atoms. The summed E-state index contributed by atoms with van der Waals surface area (Å²) < 4.78 is 0. The van der Waals surface area contributed by atoms with E-state index in [1.807, 2.05) is 12.1 Å². The van der Waals surface area contributed by atoms with E-state index in [9.17, 15) is 0 Å². The first-order valence-corrected chi connectivity index (χ1v) is 7.42. The molecule has 1 aromatic rings. The third-order valence-corrected chi connectivity index (χ3v) is 4.65. The summed E-state index contributed by atoms with van der Waals surface area (Å²) in [6.07, 6.45) is 3.09. The first kappa shape index (κ1) is 13.3. The molecule has 1 aromatic heterocycles. The minimum atomic E-state index is 0.293. The summed E-state index contributed by atoms with van der Waals surface area (Å²) in [7, 11) is 0. The van der Waals surface area contributed by atoms with E-state index in [-0.39, 0.29) is 0 Å². The highest BCUT2D eigenvalue weighted by Gasteiger charge is 2.46. The van der Waals surface area contributed by atoms with Gasteiger partial charge in [0.05, 0.1) is 10.7 Å². The highest BCUT2D eigenvalue weighted by molar-refractivity contribution is 6.30. The Labute approximate surface area is 120 Å². The quantitative estimate of drug-likeness (QED) is 0.830. The van der Waals surface area contributed by atoms with Crippen molar-refractivity contribution in [3.8, 4) is 0 Å². The Morgan fingerprint density at radius 2 is 1.95 bits per heavy atom. The van der Waals surface area contributed by atoms with Gasteiger partial charge in [0.15, 0.2) is 0 Å². The highest BCUT2D eigenvalue weighted by atomic mass is 35.5. The number of pyridine rings is 1. The molecule has 0 amide bonds. The fourth-order valence-electron chi connectivity index (χ4n) is 3.18. The normalized spacial score (nSPS) is 28.2. The van der Waals surface area contributed by atoms with Crippen LogP contribution < -0.4 is 0 Å². The van der Waals surface area contributed by atoms with Crippen LogP contribution in [0.3, 0.4) is 0 Å². The minimum Gasteiger partial charge on any atom is -0.295 e. The first-order chi connectivity index (χ1) is 8.93. The van der Waals surface area contributed by atoms with Crippen LogP contribution in [0, 0.1) is 0 Å². The fourth-order valence-corrected chi connectivity index (χ4v) is 3.29. The second-order valence-electron chi connectivity index (χ2n) is 6.76.